The van der Waals surface area contributed by atoms with Gasteiger partial charge in [0.1, 0.15) is 4.34 Å². The Balaban J connectivity index is 2.68. The molecule has 0 aliphatic rings. The van der Waals surface area contributed by atoms with Crippen molar-refractivity contribution in [3.8, 4) is 11.8 Å². The van der Waals surface area contributed by atoms with Gasteiger partial charge in [-0.05, 0) is 13.0 Å². The van der Waals surface area contributed by atoms with Gasteiger partial charge in [0.25, 0.3) is 0 Å². The summed E-state index contributed by atoms with van der Waals surface area (Å²) < 4.78 is 1.00. The largest absolute Gasteiger partial charge is 0.294 e. The third-order valence-corrected chi connectivity index (χ3v) is 3.10. The van der Waals surface area contributed by atoms with Crippen LogP contribution in [0.15, 0.2) is 6.07 Å². The highest BCUT2D eigenvalue weighted by atomic mass is 35.5. The number of Topliss-reactive ketones (excluding diaryl/α,β-unsaturated/α-hetero) is 1. The summed E-state index contributed by atoms with van der Waals surface area (Å²) in [5, 5.41) is 0. The summed E-state index contributed by atoms with van der Waals surface area (Å²) >= 11 is 12.8. The SMILES string of the molecule is CC#CCCC(=O)c1cc(Cl)sc1Cl. The van der Waals surface area contributed by atoms with Crippen molar-refractivity contribution in [3.63, 3.8) is 0 Å². The molecular weight excluding hydrogens is 239 g/mol. The molecule has 0 N–H and O–H groups in total. The maximum atomic E-state index is 11.5. The maximum Gasteiger partial charge on any atom is 0.166 e. The minimum absolute atomic E-state index is 0.000833. The molecule has 1 rings (SSSR count). The first-order chi connectivity index (χ1) is 6.65. The summed E-state index contributed by atoms with van der Waals surface area (Å²) in [6, 6.07) is 1.61. The fourth-order valence-corrected chi connectivity index (χ4v) is 2.47. The van der Waals surface area contributed by atoms with E-state index >= 15 is 0 Å². The van der Waals surface area contributed by atoms with Crippen LogP contribution in [0.2, 0.25) is 8.67 Å². The Morgan fingerprint density at radius 1 is 1.57 bits per heavy atom. The zero-order valence-electron chi connectivity index (χ0n) is 7.56. The predicted octanol–water partition coefficient (Wildman–Crippen LogP) is 4.04. The Hall–Kier alpha value is -0.490. The molecule has 0 amide bonds. The smallest absolute Gasteiger partial charge is 0.166 e. The predicted molar refractivity (Wildman–Crippen MR) is 61.4 cm³/mol. The number of carbonyl (C=O) groups is 1. The number of carbonyl (C=O) groups excluding carboxylic acids is 1. The normalized spacial score (nSPS) is 9.36. The van der Waals surface area contributed by atoms with Crippen molar-refractivity contribution in [2.45, 2.75) is 19.8 Å². The maximum absolute atomic E-state index is 11.5. The molecule has 1 nitrogen and oxygen atoms in total. The van der Waals surface area contributed by atoms with Crippen LogP contribution in [0.3, 0.4) is 0 Å². The van der Waals surface area contributed by atoms with Gasteiger partial charge in [0.2, 0.25) is 0 Å². The minimum atomic E-state index is 0.000833. The zero-order valence-corrected chi connectivity index (χ0v) is 9.89. The molecular formula is C10H8Cl2OS. The van der Waals surface area contributed by atoms with Crippen molar-refractivity contribution in [1.82, 2.24) is 0 Å². The van der Waals surface area contributed by atoms with Crippen LogP contribution in [-0.4, -0.2) is 5.78 Å². The topological polar surface area (TPSA) is 17.1 Å². The van der Waals surface area contributed by atoms with E-state index in [9.17, 15) is 4.79 Å². The van der Waals surface area contributed by atoms with Crippen LogP contribution < -0.4 is 0 Å². The third kappa shape index (κ3) is 3.02. The molecule has 0 aliphatic heterocycles. The van der Waals surface area contributed by atoms with Crippen LogP contribution in [0.25, 0.3) is 0 Å². The first-order valence-corrected chi connectivity index (χ1v) is 5.60. The standard InChI is InChI=1S/C10H8Cl2OS/c1-2-3-4-5-8(13)7-6-9(11)14-10(7)12/h6H,4-5H2,1H3. The highest BCUT2D eigenvalue weighted by Gasteiger charge is 2.12. The van der Waals surface area contributed by atoms with Crippen molar-refractivity contribution >= 4 is 40.3 Å². The number of hydrogen-bond donors (Lipinski definition) is 0. The van der Waals surface area contributed by atoms with Gasteiger partial charge in [-0.3, -0.25) is 4.79 Å². The zero-order chi connectivity index (χ0) is 10.6. The average molecular weight is 247 g/mol. The molecule has 0 spiro atoms. The first kappa shape index (κ1) is 11.6. The van der Waals surface area contributed by atoms with Gasteiger partial charge in [-0.25, -0.2) is 0 Å². The molecule has 0 radical (unpaired) electrons. The summed E-state index contributed by atoms with van der Waals surface area (Å²) in [7, 11) is 0. The van der Waals surface area contributed by atoms with Crippen LogP contribution in [-0.2, 0) is 0 Å². The fraction of sp³-hybridized carbons (Fsp3) is 0.300. The molecule has 14 heavy (non-hydrogen) atoms. The van der Waals surface area contributed by atoms with Crippen LogP contribution >= 0.6 is 34.5 Å². The number of hydrogen-bond acceptors (Lipinski definition) is 2. The molecule has 1 heterocycles. The summed E-state index contributed by atoms with van der Waals surface area (Å²) in [4.78, 5) is 11.5. The van der Waals surface area contributed by atoms with Crippen molar-refractivity contribution in [1.29, 1.82) is 0 Å². The first-order valence-electron chi connectivity index (χ1n) is 4.02. The Labute approximate surface area is 97.0 Å². The lowest BCUT2D eigenvalue weighted by molar-refractivity contribution is 0.0985. The lowest BCUT2D eigenvalue weighted by atomic mass is 10.1. The molecule has 0 aromatic carbocycles. The van der Waals surface area contributed by atoms with Crippen LogP contribution in [0.5, 0.6) is 0 Å². The molecule has 0 bridgehead atoms. The Morgan fingerprint density at radius 2 is 2.29 bits per heavy atom. The lowest BCUT2D eigenvalue weighted by Crippen LogP contribution is -1.96. The molecule has 0 fully saturated rings. The van der Waals surface area contributed by atoms with Crippen molar-refractivity contribution < 1.29 is 4.79 Å². The summed E-state index contributed by atoms with van der Waals surface area (Å²) in [6.07, 6.45) is 0.965. The van der Waals surface area contributed by atoms with Crippen molar-refractivity contribution in [2.24, 2.45) is 0 Å². The summed E-state index contributed by atoms with van der Waals surface area (Å²) in [5.74, 6) is 5.57. The van der Waals surface area contributed by atoms with E-state index in [1.165, 1.54) is 11.3 Å². The van der Waals surface area contributed by atoms with Gasteiger partial charge in [0, 0.05) is 18.4 Å². The van der Waals surface area contributed by atoms with E-state index in [2.05, 4.69) is 11.8 Å². The Kier molecular flexibility index (Phi) is 4.47. The van der Waals surface area contributed by atoms with Gasteiger partial charge in [-0.1, -0.05) is 23.2 Å². The van der Waals surface area contributed by atoms with Crippen LogP contribution in [0.1, 0.15) is 30.1 Å². The monoisotopic (exact) mass is 246 g/mol. The van der Waals surface area contributed by atoms with Gasteiger partial charge < -0.3 is 0 Å². The average Bonchev–Trinajstić information content (AvgIpc) is 2.45. The quantitative estimate of drug-likeness (QED) is 0.581. The highest BCUT2D eigenvalue weighted by molar-refractivity contribution is 7.20. The van der Waals surface area contributed by atoms with E-state index in [1.54, 1.807) is 13.0 Å². The van der Waals surface area contributed by atoms with Gasteiger partial charge in [0.05, 0.1) is 4.34 Å². The lowest BCUT2D eigenvalue weighted by Gasteiger charge is -1.93. The molecule has 0 saturated carbocycles. The van der Waals surface area contributed by atoms with Crippen molar-refractivity contribution in [2.75, 3.05) is 0 Å². The summed E-state index contributed by atoms with van der Waals surface area (Å²) in [6.45, 7) is 1.75. The van der Waals surface area contributed by atoms with Crippen LogP contribution in [0, 0.1) is 11.8 Å². The minimum Gasteiger partial charge on any atom is -0.294 e. The second-order valence-corrected chi connectivity index (χ2v) is 4.87. The van der Waals surface area contributed by atoms with Gasteiger partial charge in [-0.2, -0.15) is 0 Å². The van der Waals surface area contributed by atoms with E-state index in [-0.39, 0.29) is 5.78 Å². The third-order valence-electron chi connectivity index (χ3n) is 1.61. The Bertz CT molecular complexity index is 398. The molecule has 0 saturated heterocycles. The number of halogens is 2. The fourth-order valence-electron chi connectivity index (χ4n) is 0.966. The molecule has 1 aromatic heterocycles. The number of ketones is 1. The summed E-state index contributed by atoms with van der Waals surface area (Å²) in [5.41, 5.74) is 0.513. The van der Waals surface area contributed by atoms with E-state index in [4.69, 9.17) is 23.2 Å². The van der Waals surface area contributed by atoms with Crippen molar-refractivity contribution in [3.05, 3.63) is 20.3 Å². The van der Waals surface area contributed by atoms with E-state index in [0.717, 1.165) is 0 Å². The van der Waals surface area contributed by atoms with Gasteiger partial charge in [0.15, 0.2) is 5.78 Å². The molecule has 0 atom stereocenters. The van der Waals surface area contributed by atoms with E-state index in [1.807, 2.05) is 0 Å². The van der Waals surface area contributed by atoms with E-state index in [0.29, 0.717) is 27.1 Å². The van der Waals surface area contributed by atoms with Gasteiger partial charge in [-0.15, -0.1) is 23.2 Å². The number of thiophene rings is 1. The molecule has 1 aromatic rings. The van der Waals surface area contributed by atoms with E-state index < -0.39 is 0 Å². The molecule has 4 heteroatoms. The van der Waals surface area contributed by atoms with Crippen LogP contribution in [0.4, 0.5) is 0 Å². The van der Waals surface area contributed by atoms with Gasteiger partial charge >= 0.3 is 0 Å². The molecule has 0 unspecified atom stereocenters. The number of rotatable bonds is 3. The second kappa shape index (κ2) is 5.41. The molecule has 74 valence electrons. The second-order valence-electron chi connectivity index (χ2n) is 2.59. The Morgan fingerprint density at radius 3 is 2.79 bits per heavy atom. The highest BCUT2D eigenvalue weighted by Crippen LogP contribution is 2.31. The molecule has 0 aliphatic carbocycles.